The number of nitrogens with zero attached hydrogens (tertiary/aromatic N) is 2. The number of ether oxygens (including phenoxy) is 2. The number of halogens is 3. The Balaban J connectivity index is 2.07. The molecule has 2 rings (SSSR count). The average Bonchev–Trinajstić information content (AvgIpc) is 3.13. The van der Waals surface area contributed by atoms with Gasteiger partial charge in [0.15, 0.2) is 5.69 Å². The number of alkyl halides is 3. The van der Waals surface area contributed by atoms with Crippen molar-refractivity contribution in [3.63, 3.8) is 0 Å². The number of rotatable bonds is 8. The van der Waals surface area contributed by atoms with E-state index in [9.17, 15) is 22.8 Å². The zero-order valence-corrected chi connectivity index (χ0v) is 16.6. The summed E-state index contributed by atoms with van der Waals surface area (Å²) < 4.78 is 47.8. The first-order valence-electron chi connectivity index (χ1n) is 8.58. The number of amides is 2. The van der Waals surface area contributed by atoms with E-state index in [1.165, 1.54) is 40.9 Å². The van der Waals surface area contributed by atoms with E-state index in [0.717, 1.165) is 12.1 Å². The third-order valence-corrected chi connectivity index (χ3v) is 4.51. The Labute approximate surface area is 169 Å². The number of methoxy groups -OCH3 is 1. The van der Waals surface area contributed by atoms with Gasteiger partial charge in [0.2, 0.25) is 0 Å². The number of thiazole rings is 1. The van der Waals surface area contributed by atoms with Crippen molar-refractivity contribution >= 4 is 29.0 Å². The molecule has 158 valence electrons. The van der Waals surface area contributed by atoms with Gasteiger partial charge in [0.1, 0.15) is 5.01 Å². The van der Waals surface area contributed by atoms with E-state index in [-0.39, 0.29) is 37.7 Å². The van der Waals surface area contributed by atoms with E-state index in [2.05, 4.69) is 10.3 Å². The van der Waals surface area contributed by atoms with E-state index in [0.29, 0.717) is 5.01 Å². The summed E-state index contributed by atoms with van der Waals surface area (Å²) in [6.45, 7) is 2.47. The summed E-state index contributed by atoms with van der Waals surface area (Å²) in [4.78, 5) is 29.8. The highest BCUT2D eigenvalue weighted by atomic mass is 32.1. The van der Waals surface area contributed by atoms with Crippen molar-refractivity contribution in [2.75, 3.05) is 32.2 Å². The van der Waals surface area contributed by atoms with Crippen molar-refractivity contribution in [1.29, 1.82) is 0 Å². The maximum atomic E-state index is 12.7. The molecule has 0 radical (unpaired) electrons. The van der Waals surface area contributed by atoms with Crippen LogP contribution in [0, 0.1) is 0 Å². The Morgan fingerprint density at radius 2 is 1.93 bits per heavy atom. The van der Waals surface area contributed by atoms with Crippen LogP contribution in [0.4, 0.5) is 23.7 Å². The quantitative estimate of drug-likeness (QED) is 0.639. The van der Waals surface area contributed by atoms with Gasteiger partial charge in [-0.2, -0.15) is 13.2 Å². The lowest BCUT2D eigenvalue weighted by Crippen LogP contribution is -2.36. The second-order valence-corrected chi connectivity index (χ2v) is 6.71. The van der Waals surface area contributed by atoms with E-state index >= 15 is 0 Å². The third kappa shape index (κ3) is 6.71. The molecular weight excluding hydrogens is 411 g/mol. The maximum absolute atomic E-state index is 12.7. The van der Waals surface area contributed by atoms with Crippen LogP contribution in [0.15, 0.2) is 29.6 Å². The van der Waals surface area contributed by atoms with Crippen molar-refractivity contribution < 1.29 is 32.2 Å². The van der Waals surface area contributed by atoms with E-state index in [1.54, 1.807) is 6.92 Å². The fourth-order valence-corrected chi connectivity index (χ4v) is 3.02. The minimum atomic E-state index is -4.45. The lowest BCUT2D eigenvalue weighted by Gasteiger charge is -2.22. The number of hydrogen-bond acceptors (Lipinski definition) is 6. The molecule has 0 atom stereocenters. The monoisotopic (exact) mass is 431 g/mol. The van der Waals surface area contributed by atoms with Gasteiger partial charge >= 0.3 is 18.2 Å². The molecule has 0 bridgehead atoms. The molecule has 2 aromatic rings. The van der Waals surface area contributed by atoms with Crippen molar-refractivity contribution in [2.24, 2.45) is 0 Å². The van der Waals surface area contributed by atoms with Gasteiger partial charge in [-0.3, -0.25) is 0 Å². The Hall–Kier alpha value is -2.66. The van der Waals surface area contributed by atoms with Crippen LogP contribution in [0.1, 0.15) is 28.0 Å². The minimum absolute atomic E-state index is 0.0971. The molecule has 0 saturated heterocycles. The maximum Gasteiger partial charge on any atom is 0.416 e. The summed E-state index contributed by atoms with van der Waals surface area (Å²) in [6.07, 6.45) is -4.45. The molecule has 2 amide bonds. The topological polar surface area (TPSA) is 80.8 Å². The molecule has 11 heteroatoms. The largest absolute Gasteiger partial charge is 0.461 e. The number of benzene rings is 1. The predicted octanol–water partition coefficient (Wildman–Crippen LogP) is 4.02. The molecule has 1 N–H and O–H groups in total. The lowest BCUT2D eigenvalue weighted by atomic mass is 10.2. The number of esters is 1. The van der Waals surface area contributed by atoms with Gasteiger partial charge in [0.25, 0.3) is 0 Å². The molecule has 0 fully saturated rings. The number of carbonyl (C=O) groups is 2. The summed E-state index contributed by atoms with van der Waals surface area (Å²) in [5, 5.41) is 4.59. The van der Waals surface area contributed by atoms with Gasteiger partial charge in [-0.15, -0.1) is 11.3 Å². The van der Waals surface area contributed by atoms with Crippen molar-refractivity contribution in [3.05, 3.63) is 45.9 Å². The van der Waals surface area contributed by atoms with Gasteiger partial charge in [-0.25, -0.2) is 14.6 Å². The normalized spacial score (nSPS) is 11.2. The molecule has 0 unspecified atom stereocenters. The predicted molar refractivity (Wildman–Crippen MR) is 101 cm³/mol. The summed E-state index contributed by atoms with van der Waals surface area (Å²) in [5.74, 6) is -0.548. The molecule has 1 aromatic heterocycles. The van der Waals surface area contributed by atoms with E-state index in [4.69, 9.17) is 9.47 Å². The first-order valence-corrected chi connectivity index (χ1v) is 9.46. The number of hydrogen-bond donors (Lipinski definition) is 1. The molecule has 0 aliphatic rings. The molecule has 0 aliphatic heterocycles. The molecule has 7 nitrogen and oxygen atoms in total. The Bertz CT molecular complexity index is 825. The van der Waals surface area contributed by atoms with Crippen molar-refractivity contribution in [1.82, 2.24) is 9.88 Å². The summed E-state index contributed by atoms with van der Waals surface area (Å²) in [5.41, 5.74) is -0.431. The summed E-state index contributed by atoms with van der Waals surface area (Å²) in [7, 11) is 1.48. The van der Waals surface area contributed by atoms with E-state index in [1.807, 2.05) is 0 Å². The number of aromatic nitrogens is 1. The van der Waals surface area contributed by atoms with Gasteiger partial charge < -0.3 is 19.7 Å². The van der Waals surface area contributed by atoms with Crippen LogP contribution >= 0.6 is 11.3 Å². The van der Waals surface area contributed by atoms with Crippen LogP contribution in [0.5, 0.6) is 0 Å². The van der Waals surface area contributed by atoms with Crippen LogP contribution in [0.3, 0.4) is 0 Å². The second-order valence-electron chi connectivity index (χ2n) is 5.77. The molecule has 29 heavy (non-hydrogen) atoms. The molecule has 1 aromatic carbocycles. The Morgan fingerprint density at radius 1 is 1.24 bits per heavy atom. The SMILES string of the molecule is CCOC(=O)c1csc(CN(CCOC)C(=O)Nc2ccc(C(F)(F)F)cc2)n1. The van der Waals surface area contributed by atoms with Crippen LogP contribution < -0.4 is 5.32 Å². The Morgan fingerprint density at radius 3 is 2.52 bits per heavy atom. The Kier molecular flexibility index (Phi) is 7.97. The molecular formula is C18H20F3N3O4S. The van der Waals surface area contributed by atoms with Crippen LogP contribution in [0.25, 0.3) is 0 Å². The minimum Gasteiger partial charge on any atom is -0.461 e. The number of nitrogens with one attached hydrogen (secondary N) is 1. The summed E-state index contributed by atoms with van der Waals surface area (Å²) >= 11 is 1.19. The first-order chi connectivity index (χ1) is 13.7. The summed E-state index contributed by atoms with van der Waals surface area (Å²) in [6, 6.07) is 3.60. The number of carbonyl (C=O) groups excluding carboxylic acids is 2. The second kappa shape index (κ2) is 10.2. The molecule has 1 heterocycles. The van der Waals surface area contributed by atoms with Gasteiger partial charge in [0, 0.05) is 24.7 Å². The lowest BCUT2D eigenvalue weighted by molar-refractivity contribution is -0.137. The average molecular weight is 431 g/mol. The van der Waals surface area contributed by atoms with Gasteiger partial charge in [-0.1, -0.05) is 0 Å². The smallest absolute Gasteiger partial charge is 0.416 e. The third-order valence-electron chi connectivity index (χ3n) is 3.68. The highest BCUT2D eigenvalue weighted by molar-refractivity contribution is 7.09. The molecule has 0 spiro atoms. The van der Waals surface area contributed by atoms with E-state index < -0.39 is 23.7 Å². The highest BCUT2D eigenvalue weighted by Gasteiger charge is 2.30. The molecule has 0 aliphatic carbocycles. The first kappa shape index (κ1) is 22.6. The van der Waals surface area contributed by atoms with Crippen LogP contribution in [-0.4, -0.2) is 48.8 Å². The van der Waals surface area contributed by atoms with Crippen LogP contribution in [0.2, 0.25) is 0 Å². The zero-order valence-electron chi connectivity index (χ0n) is 15.8. The zero-order chi connectivity index (χ0) is 21.4. The highest BCUT2D eigenvalue weighted by Crippen LogP contribution is 2.29. The molecule has 0 saturated carbocycles. The fourth-order valence-electron chi connectivity index (χ4n) is 2.24. The standard InChI is InChI=1S/C18H20F3N3O4S/c1-3-28-16(25)14-11-29-15(23-14)10-24(8-9-27-2)17(26)22-13-6-4-12(5-7-13)18(19,20)21/h4-7,11H,3,8-10H2,1-2H3,(H,22,26). The van der Waals surface area contributed by atoms with Crippen molar-refractivity contribution in [2.45, 2.75) is 19.6 Å². The van der Waals surface area contributed by atoms with Gasteiger partial charge in [-0.05, 0) is 31.2 Å². The fraction of sp³-hybridized carbons (Fsp3) is 0.389. The number of urea groups is 1. The number of anilines is 1. The van der Waals surface area contributed by atoms with Crippen LogP contribution in [-0.2, 0) is 22.2 Å². The van der Waals surface area contributed by atoms with Gasteiger partial charge in [0.05, 0.1) is 25.3 Å². The van der Waals surface area contributed by atoms with Crippen molar-refractivity contribution in [3.8, 4) is 0 Å².